The Morgan fingerprint density at radius 2 is 2.09 bits per heavy atom. The Labute approximate surface area is 204 Å². The fraction of sp³-hybridized carbons (Fsp3) is 0.524. The lowest BCUT2D eigenvalue weighted by Gasteiger charge is -2.35. The number of fused-ring (bicyclic) bond motifs is 1. The zero-order valence-corrected chi connectivity index (χ0v) is 20.8. The first-order chi connectivity index (χ1) is 16.6. The molecule has 0 amide bonds. The van der Waals surface area contributed by atoms with E-state index in [0.717, 1.165) is 12.8 Å². The first-order valence-corrected chi connectivity index (χ1v) is 13.5. The number of aryl methyl sites for hydroxylation is 1. The zero-order valence-electron chi connectivity index (χ0n) is 19.1. The summed E-state index contributed by atoms with van der Waals surface area (Å²) in [6.07, 6.45) is -1.28. The molecule has 2 fully saturated rings. The molecule has 14 heteroatoms. The standard InChI is InChI=1S/C21H25F2N7O3S2/c1-11-25-16-14(17(26-11)19-27-28-20(34-19)18(22)23)7-13(35(32,33)29-21(2)3-4-21)8-15(16)30-6-5-24-12(9-30)10-31/h7-8,12,18,24,29,31H,3-6,9-10H2,1-2H3/t12-/m1/s1. The van der Waals surface area contributed by atoms with Gasteiger partial charge in [-0.05, 0) is 38.8 Å². The molecule has 10 nitrogen and oxygen atoms in total. The van der Waals surface area contributed by atoms with Crippen molar-refractivity contribution in [3.05, 3.63) is 23.0 Å². The molecule has 5 rings (SSSR count). The summed E-state index contributed by atoms with van der Waals surface area (Å²) in [5.41, 5.74) is 0.815. The molecule has 3 aromatic rings. The van der Waals surface area contributed by atoms with Gasteiger partial charge in [0, 0.05) is 36.6 Å². The largest absolute Gasteiger partial charge is 0.395 e. The molecule has 0 bridgehead atoms. The molecule has 1 aromatic carbocycles. The number of piperazine rings is 1. The average Bonchev–Trinajstić information content (AvgIpc) is 3.32. The van der Waals surface area contributed by atoms with Crippen molar-refractivity contribution in [1.29, 1.82) is 0 Å². The smallest absolute Gasteiger partial charge is 0.291 e. The lowest BCUT2D eigenvalue weighted by Crippen LogP contribution is -2.52. The van der Waals surface area contributed by atoms with Crippen LogP contribution in [0.1, 0.15) is 37.0 Å². The topological polar surface area (TPSA) is 133 Å². The molecule has 3 heterocycles. The normalized spacial score (nSPS) is 20.1. The van der Waals surface area contributed by atoms with Gasteiger partial charge < -0.3 is 15.3 Å². The Hall–Kier alpha value is -2.39. The van der Waals surface area contributed by atoms with Gasteiger partial charge in [-0.15, -0.1) is 10.2 Å². The van der Waals surface area contributed by atoms with Crippen LogP contribution in [-0.2, 0) is 10.0 Å². The monoisotopic (exact) mass is 525 g/mol. The minimum Gasteiger partial charge on any atom is -0.395 e. The first kappa shape index (κ1) is 24.3. The minimum absolute atomic E-state index is 0.0273. The maximum atomic E-state index is 13.3. The van der Waals surface area contributed by atoms with Crippen molar-refractivity contribution < 1.29 is 22.3 Å². The Balaban J connectivity index is 1.72. The molecule has 3 N–H and O–H groups in total. The van der Waals surface area contributed by atoms with E-state index >= 15 is 0 Å². The number of rotatable bonds is 7. The number of alkyl halides is 2. The van der Waals surface area contributed by atoms with Crippen LogP contribution in [0, 0.1) is 6.92 Å². The van der Waals surface area contributed by atoms with Gasteiger partial charge >= 0.3 is 0 Å². The van der Waals surface area contributed by atoms with Gasteiger partial charge in [0.15, 0.2) is 10.0 Å². The van der Waals surface area contributed by atoms with Crippen LogP contribution in [0.25, 0.3) is 21.6 Å². The summed E-state index contributed by atoms with van der Waals surface area (Å²) in [6.45, 7) is 5.04. The molecule has 0 unspecified atom stereocenters. The van der Waals surface area contributed by atoms with E-state index < -0.39 is 27.0 Å². The van der Waals surface area contributed by atoms with Crippen molar-refractivity contribution in [2.24, 2.45) is 0 Å². The van der Waals surface area contributed by atoms with E-state index in [-0.39, 0.29) is 28.2 Å². The van der Waals surface area contributed by atoms with E-state index in [1.807, 2.05) is 11.8 Å². The number of halogens is 2. The lowest BCUT2D eigenvalue weighted by atomic mass is 10.1. The molecule has 1 atom stereocenters. The molecule has 1 aliphatic heterocycles. The summed E-state index contributed by atoms with van der Waals surface area (Å²) in [6, 6.07) is 2.86. The Kier molecular flexibility index (Phi) is 6.20. The van der Waals surface area contributed by atoms with Crippen LogP contribution >= 0.6 is 11.3 Å². The van der Waals surface area contributed by atoms with Crippen LogP contribution in [-0.4, -0.2) is 71.5 Å². The van der Waals surface area contributed by atoms with Crippen LogP contribution in [0.3, 0.4) is 0 Å². The van der Waals surface area contributed by atoms with E-state index in [4.69, 9.17) is 0 Å². The third-order valence-corrected chi connectivity index (χ3v) is 8.76. The highest BCUT2D eigenvalue weighted by Gasteiger charge is 2.41. The van der Waals surface area contributed by atoms with Crippen LogP contribution in [0.4, 0.5) is 14.5 Å². The SMILES string of the molecule is Cc1nc(-c2nnc(C(F)F)s2)c2cc(S(=O)(=O)NC3(C)CC3)cc(N3CCN[C@@H](CO)C3)c2n1. The van der Waals surface area contributed by atoms with Gasteiger partial charge in [0.1, 0.15) is 11.5 Å². The number of hydrogen-bond acceptors (Lipinski definition) is 10. The van der Waals surface area contributed by atoms with Gasteiger partial charge in [-0.1, -0.05) is 11.3 Å². The number of anilines is 1. The molecule has 1 saturated heterocycles. The summed E-state index contributed by atoms with van der Waals surface area (Å²) in [7, 11) is -3.89. The van der Waals surface area contributed by atoms with Crippen LogP contribution in [0.2, 0.25) is 0 Å². The highest BCUT2D eigenvalue weighted by Crippen LogP contribution is 2.39. The van der Waals surface area contributed by atoms with E-state index in [1.54, 1.807) is 13.0 Å². The van der Waals surface area contributed by atoms with Crippen molar-refractivity contribution in [3.63, 3.8) is 0 Å². The van der Waals surface area contributed by atoms with Gasteiger partial charge in [-0.25, -0.2) is 31.9 Å². The highest BCUT2D eigenvalue weighted by atomic mass is 32.2. The molecule has 2 aromatic heterocycles. The van der Waals surface area contributed by atoms with Gasteiger partial charge in [0.05, 0.1) is 22.7 Å². The molecule has 1 aliphatic carbocycles. The maximum Gasteiger partial charge on any atom is 0.291 e. The van der Waals surface area contributed by atoms with Crippen LogP contribution < -0.4 is 14.9 Å². The maximum absolute atomic E-state index is 13.3. The zero-order chi connectivity index (χ0) is 25.0. The fourth-order valence-corrected chi connectivity index (χ4v) is 6.33. The number of sulfonamides is 1. The summed E-state index contributed by atoms with van der Waals surface area (Å²) in [4.78, 5) is 11.0. The second kappa shape index (κ2) is 8.92. The third-order valence-electron chi connectivity index (χ3n) is 6.20. The number of benzene rings is 1. The summed E-state index contributed by atoms with van der Waals surface area (Å²) in [5.74, 6) is 0.385. The van der Waals surface area contributed by atoms with Crippen molar-refractivity contribution >= 4 is 38.0 Å². The summed E-state index contributed by atoms with van der Waals surface area (Å²) >= 11 is 0.712. The van der Waals surface area contributed by atoms with Gasteiger partial charge in [0.2, 0.25) is 10.0 Å². The van der Waals surface area contributed by atoms with E-state index in [1.165, 1.54) is 6.07 Å². The van der Waals surface area contributed by atoms with E-state index in [9.17, 15) is 22.3 Å². The summed E-state index contributed by atoms with van der Waals surface area (Å²) in [5, 5.41) is 20.5. The quantitative estimate of drug-likeness (QED) is 0.423. The molecule has 1 saturated carbocycles. The Morgan fingerprint density at radius 1 is 1.31 bits per heavy atom. The Bertz CT molecular complexity index is 1380. The van der Waals surface area contributed by atoms with Gasteiger partial charge in [-0.2, -0.15) is 0 Å². The first-order valence-electron chi connectivity index (χ1n) is 11.2. The molecule has 35 heavy (non-hydrogen) atoms. The average molecular weight is 526 g/mol. The van der Waals surface area contributed by atoms with Crippen molar-refractivity contribution in [3.8, 4) is 10.7 Å². The molecule has 188 valence electrons. The van der Waals surface area contributed by atoms with E-state index in [0.29, 0.717) is 53.4 Å². The van der Waals surface area contributed by atoms with Crippen molar-refractivity contribution in [1.82, 2.24) is 30.2 Å². The second-order valence-electron chi connectivity index (χ2n) is 9.15. The predicted octanol–water partition coefficient (Wildman–Crippen LogP) is 2.00. The minimum atomic E-state index is -3.89. The van der Waals surface area contributed by atoms with Crippen LogP contribution in [0.5, 0.6) is 0 Å². The number of hydrogen-bond donors (Lipinski definition) is 3. The molecule has 0 radical (unpaired) electrons. The molecule has 0 spiro atoms. The van der Waals surface area contributed by atoms with Gasteiger partial charge in [0.25, 0.3) is 6.43 Å². The number of aliphatic hydroxyl groups excluding tert-OH is 1. The number of aromatic nitrogens is 4. The Morgan fingerprint density at radius 3 is 2.74 bits per heavy atom. The fourth-order valence-electron chi connectivity index (χ4n) is 4.12. The molecular formula is C21H25F2N7O3S2. The highest BCUT2D eigenvalue weighted by molar-refractivity contribution is 7.89. The molecular weight excluding hydrogens is 500 g/mol. The number of nitrogens with zero attached hydrogens (tertiary/aromatic N) is 5. The number of aliphatic hydroxyl groups is 1. The summed E-state index contributed by atoms with van der Waals surface area (Å²) < 4.78 is 55.9. The van der Waals surface area contributed by atoms with Crippen molar-refractivity contribution in [2.45, 2.75) is 49.6 Å². The number of nitrogens with one attached hydrogen (secondary N) is 2. The van der Waals surface area contributed by atoms with Gasteiger partial charge in [-0.3, -0.25) is 0 Å². The molecule has 2 aliphatic rings. The van der Waals surface area contributed by atoms with Crippen molar-refractivity contribution in [2.75, 3.05) is 31.1 Å². The predicted molar refractivity (Wildman–Crippen MR) is 127 cm³/mol. The van der Waals surface area contributed by atoms with E-state index in [2.05, 4.69) is 30.2 Å². The third kappa shape index (κ3) is 4.85. The second-order valence-corrected chi connectivity index (χ2v) is 11.8. The van der Waals surface area contributed by atoms with Crippen LogP contribution in [0.15, 0.2) is 17.0 Å². The lowest BCUT2D eigenvalue weighted by molar-refractivity contribution is 0.150.